The van der Waals surface area contributed by atoms with E-state index in [1.807, 2.05) is 31.2 Å². The molecule has 2 amide bonds. The lowest BCUT2D eigenvalue weighted by molar-refractivity contribution is -0.132. The zero-order valence-corrected chi connectivity index (χ0v) is 13.8. The third kappa shape index (κ3) is 3.82. The summed E-state index contributed by atoms with van der Waals surface area (Å²) in [7, 11) is 0. The van der Waals surface area contributed by atoms with Crippen molar-refractivity contribution in [1.82, 2.24) is 5.32 Å². The van der Waals surface area contributed by atoms with Crippen LogP contribution in [0.2, 0.25) is 0 Å². The van der Waals surface area contributed by atoms with Gasteiger partial charge >= 0.3 is 0 Å². The molecule has 0 aliphatic carbocycles. The highest BCUT2D eigenvalue weighted by Gasteiger charge is 2.40. The number of ether oxygens (including phenoxy) is 1. The summed E-state index contributed by atoms with van der Waals surface area (Å²) in [5.41, 5.74) is -0.277. The van der Waals surface area contributed by atoms with Gasteiger partial charge in [0.2, 0.25) is 5.91 Å². The van der Waals surface area contributed by atoms with Crippen molar-refractivity contribution in [3.63, 3.8) is 0 Å². The summed E-state index contributed by atoms with van der Waals surface area (Å²) >= 11 is 0. The second-order valence-electron chi connectivity index (χ2n) is 6.14. The average molecular weight is 320 g/mol. The van der Waals surface area contributed by atoms with Gasteiger partial charge in [0.15, 0.2) is 5.60 Å². The maximum atomic E-state index is 12.6. The first kappa shape index (κ1) is 17.3. The fourth-order valence-corrected chi connectivity index (χ4v) is 2.53. The molecule has 1 unspecified atom stereocenters. The zero-order valence-electron chi connectivity index (χ0n) is 13.8. The van der Waals surface area contributed by atoms with Crippen molar-refractivity contribution in [2.45, 2.75) is 45.3 Å². The highest BCUT2D eigenvalue weighted by Crippen LogP contribution is 2.37. The Labute approximate surface area is 136 Å². The molecule has 1 aliphatic heterocycles. The van der Waals surface area contributed by atoms with Gasteiger partial charge in [-0.15, -0.1) is 0 Å². The number of amides is 2. The van der Waals surface area contributed by atoms with E-state index in [-0.39, 0.29) is 37.4 Å². The van der Waals surface area contributed by atoms with E-state index in [0.29, 0.717) is 17.9 Å². The molecule has 0 bridgehead atoms. The largest absolute Gasteiger partial charge is 0.476 e. The van der Waals surface area contributed by atoms with Gasteiger partial charge in [0.05, 0.1) is 18.3 Å². The quantitative estimate of drug-likeness (QED) is 0.832. The number of aliphatic hydroxyl groups is 1. The third-order valence-corrected chi connectivity index (χ3v) is 3.92. The van der Waals surface area contributed by atoms with Crippen LogP contribution in [-0.2, 0) is 9.59 Å². The van der Waals surface area contributed by atoms with Crippen molar-refractivity contribution in [2.75, 3.05) is 18.1 Å². The monoisotopic (exact) mass is 320 g/mol. The van der Waals surface area contributed by atoms with E-state index < -0.39 is 5.60 Å². The molecule has 1 heterocycles. The van der Waals surface area contributed by atoms with E-state index in [2.05, 4.69) is 5.32 Å². The summed E-state index contributed by atoms with van der Waals surface area (Å²) in [6, 6.07) is 7.06. The van der Waals surface area contributed by atoms with E-state index in [1.54, 1.807) is 18.7 Å². The number of carbonyl (C=O) groups excluding carboxylic acids is 2. The minimum Gasteiger partial charge on any atom is -0.476 e. The van der Waals surface area contributed by atoms with Gasteiger partial charge in [-0.25, -0.2) is 0 Å². The van der Waals surface area contributed by atoms with Gasteiger partial charge in [0, 0.05) is 13.0 Å². The molecule has 0 fully saturated rings. The van der Waals surface area contributed by atoms with Gasteiger partial charge in [-0.2, -0.15) is 0 Å². The molecule has 1 aromatic rings. The van der Waals surface area contributed by atoms with Gasteiger partial charge < -0.3 is 20.1 Å². The lowest BCUT2D eigenvalue weighted by Crippen LogP contribution is -2.53. The summed E-state index contributed by atoms with van der Waals surface area (Å²) in [5.74, 6) is 0.290. The Morgan fingerprint density at radius 2 is 2.09 bits per heavy atom. The van der Waals surface area contributed by atoms with Crippen LogP contribution in [-0.4, -0.2) is 41.7 Å². The standard InChI is InChI=1S/C17H24N2O4/c1-4-12(11-20)18-15(21)9-10-19-13-7-5-6-8-14(13)23-17(2,3)16(19)22/h5-8,12,20H,4,9-11H2,1-3H3,(H,18,21). The fourth-order valence-electron chi connectivity index (χ4n) is 2.53. The number of carbonyl (C=O) groups is 2. The maximum absolute atomic E-state index is 12.6. The van der Waals surface area contributed by atoms with Crippen molar-refractivity contribution in [3.05, 3.63) is 24.3 Å². The van der Waals surface area contributed by atoms with Gasteiger partial charge in [-0.3, -0.25) is 9.59 Å². The summed E-state index contributed by atoms with van der Waals surface area (Å²) in [4.78, 5) is 26.2. The van der Waals surface area contributed by atoms with Crippen LogP contribution < -0.4 is 15.0 Å². The highest BCUT2D eigenvalue weighted by atomic mass is 16.5. The van der Waals surface area contributed by atoms with Crippen LogP contribution in [0.15, 0.2) is 24.3 Å². The third-order valence-electron chi connectivity index (χ3n) is 3.92. The minimum atomic E-state index is -0.956. The maximum Gasteiger partial charge on any atom is 0.270 e. The van der Waals surface area contributed by atoms with Crippen molar-refractivity contribution < 1.29 is 19.4 Å². The van der Waals surface area contributed by atoms with E-state index >= 15 is 0 Å². The number of fused-ring (bicyclic) bond motifs is 1. The normalized spacial score (nSPS) is 17.2. The number of nitrogens with zero attached hydrogens (tertiary/aromatic N) is 1. The molecule has 0 aromatic heterocycles. The summed E-state index contributed by atoms with van der Waals surface area (Å²) in [6.45, 7) is 5.52. The smallest absolute Gasteiger partial charge is 0.270 e. The highest BCUT2D eigenvalue weighted by molar-refractivity contribution is 6.02. The number of nitrogens with one attached hydrogen (secondary N) is 1. The lowest BCUT2D eigenvalue weighted by Gasteiger charge is -2.38. The molecular weight excluding hydrogens is 296 g/mol. The molecule has 6 nitrogen and oxygen atoms in total. The number of para-hydroxylation sites is 2. The van der Waals surface area contributed by atoms with Gasteiger partial charge in [-0.05, 0) is 32.4 Å². The molecule has 1 aromatic carbocycles. The van der Waals surface area contributed by atoms with Crippen LogP contribution >= 0.6 is 0 Å². The van der Waals surface area contributed by atoms with E-state index in [0.717, 1.165) is 0 Å². The molecule has 0 saturated heterocycles. The first-order valence-corrected chi connectivity index (χ1v) is 7.89. The van der Waals surface area contributed by atoms with Gasteiger partial charge in [0.1, 0.15) is 5.75 Å². The zero-order chi connectivity index (χ0) is 17.0. The number of hydrogen-bond acceptors (Lipinski definition) is 4. The Morgan fingerprint density at radius 1 is 1.39 bits per heavy atom. The molecule has 23 heavy (non-hydrogen) atoms. The Balaban J connectivity index is 2.09. The average Bonchev–Trinajstić information content (AvgIpc) is 2.52. The van der Waals surface area contributed by atoms with E-state index in [1.165, 1.54) is 0 Å². The van der Waals surface area contributed by atoms with E-state index in [4.69, 9.17) is 9.84 Å². The summed E-state index contributed by atoms with van der Waals surface area (Å²) < 4.78 is 5.74. The second-order valence-corrected chi connectivity index (χ2v) is 6.14. The van der Waals surface area contributed by atoms with Crippen LogP contribution in [0.3, 0.4) is 0 Å². The molecule has 2 N–H and O–H groups in total. The lowest BCUT2D eigenvalue weighted by atomic mass is 10.0. The SMILES string of the molecule is CCC(CO)NC(=O)CCN1C(=O)C(C)(C)Oc2ccccc21. The van der Waals surface area contributed by atoms with E-state index in [9.17, 15) is 9.59 Å². The fraction of sp³-hybridized carbons (Fsp3) is 0.529. The first-order valence-electron chi connectivity index (χ1n) is 7.89. The number of anilines is 1. The topological polar surface area (TPSA) is 78.9 Å². The van der Waals surface area contributed by atoms with Crippen LogP contribution in [0, 0.1) is 0 Å². The Kier molecular flexibility index (Phi) is 5.26. The molecule has 0 saturated carbocycles. The predicted octanol–water partition coefficient (Wildman–Crippen LogP) is 1.47. The Morgan fingerprint density at radius 3 is 2.74 bits per heavy atom. The Hall–Kier alpha value is -2.08. The molecule has 6 heteroatoms. The minimum absolute atomic E-state index is 0.0887. The first-order chi connectivity index (χ1) is 10.9. The molecule has 1 atom stereocenters. The van der Waals surface area contributed by atoms with Crippen LogP contribution in [0.25, 0.3) is 0 Å². The number of benzene rings is 1. The van der Waals surface area contributed by atoms with Gasteiger partial charge in [-0.1, -0.05) is 19.1 Å². The second kappa shape index (κ2) is 7.00. The van der Waals surface area contributed by atoms with Crippen LogP contribution in [0.1, 0.15) is 33.6 Å². The molecular formula is C17H24N2O4. The molecule has 0 radical (unpaired) electrons. The molecule has 2 rings (SSSR count). The number of rotatable bonds is 6. The number of aliphatic hydroxyl groups excluding tert-OH is 1. The van der Waals surface area contributed by atoms with Gasteiger partial charge in [0.25, 0.3) is 5.91 Å². The van der Waals surface area contributed by atoms with Crippen LogP contribution in [0.4, 0.5) is 5.69 Å². The van der Waals surface area contributed by atoms with Crippen molar-refractivity contribution in [1.29, 1.82) is 0 Å². The molecule has 126 valence electrons. The molecule has 0 spiro atoms. The van der Waals surface area contributed by atoms with Crippen LogP contribution in [0.5, 0.6) is 5.75 Å². The molecule has 1 aliphatic rings. The summed E-state index contributed by atoms with van der Waals surface area (Å²) in [5, 5.41) is 11.9. The summed E-state index contributed by atoms with van der Waals surface area (Å²) in [6.07, 6.45) is 0.835. The van der Waals surface area contributed by atoms with Crippen molar-refractivity contribution in [2.24, 2.45) is 0 Å². The van der Waals surface area contributed by atoms with Crippen molar-refractivity contribution >= 4 is 17.5 Å². The van der Waals surface area contributed by atoms with Crippen molar-refractivity contribution in [3.8, 4) is 5.75 Å². The predicted molar refractivity (Wildman–Crippen MR) is 87.4 cm³/mol. The number of hydrogen-bond donors (Lipinski definition) is 2. The Bertz CT molecular complexity index is 582.